The van der Waals surface area contributed by atoms with Crippen molar-refractivity contribution in [2.45, 2.75) is 26.2 Å². The SMILES string of the molecule is Cc1ccc2c(c1)CCCN2c1ccc(CCN)cc1. The first-order chi connectivity index (χ1) is 9.78. The fraction of sp³-hybridized carbons (Fsp3) is 0.333. The van der Waals surface area contributed by atoms with Gasteiger partial charge < -0.3 is 10.6 Å². The van der Waals surface area contributed by atoms with Gasteiger partial charge in [0.05, 0.1) is 0 Å². The van der Waals surface area contributed by atoms with Gasteiger partial charge in [0, 0.05) is 17.9 Å². The van der Waals surface area contributed by atoms with E-state index in [2.05, 4.69) is 54.3 Å². The van der Waals surface area contributed by atoms with Crippen LogP contribution in [-0.2, 0) is 12.8 Å². The minimum atomic E-state index is 0.713. The Balaban J connectivity index is 1.92. The molecule has 0 fully saturated rings. The van der Waals surface area contributed by atoms with Gasteiger partial charge in [0.1, 0.15) is 0 Å². The maximum atomic E-state index is 5.61. The summed E-state index contributed by atoms with van der Waals surface area (Å²) in [6.45, 7) is 3.98. The van der Waals surface area contributed by atoms with Crippen molar-refractivity contribution in [1.29, 1.82) is 0 Å². The average Bonchev–Trinajstić information content (AvgIpc) is 2.47. The Hall–Kier alpha value is -1.80. The minimum absolute atomic E-state index is 0.713. The molecule has 0 atom stereocenters. The van der Waals surface area contributed by atoms with Crippen molar-refractivity contribution in [1.82, 2.24) is 0 Å². The highest BCUT2D eigenvalue weighted by atomic mass is 15.1. The molecular weight excluding hydrogens is 244 g/mol. The number of hydrogen-bond acceptors (Lipinski definition) is 2. The molecule has 1 aliphatic rings. The van der Waals surface area contributed by atoms with Crippen LogP contribution in [0.4, 0.5) is 11.4 Å². The van der Waals surface area contributed by atoms with Gasteiger partial charge in [-0.1, -0.05) is 29.8 Å². The van der Waals surface area contributed by atoms with Crippen LogP contribution in [0.3, 0.4) is 0 Å². The van der Waals surface area contributed by atoms with Crippen molar-refractivity contribution < 1.29 is 0 Å². The van der Waals surface area contributed by atoms with E-state index in [-0.39, 0.29) is 0 Å². The number of hydrogen-bond donors (Lipinski definition) is 1. The molecular formula is C18H22N2. The van der Waals surface area contributed by atoms with E-state index in [1.54, 1.807) is 0 Å². The second-order valence-corrected chi connectivity index (χ2v) is 5.59. The van der Waals surface area contributed by atoms with E-state index < -0.39 is 0 Å². The van der Waals surface area contributed by atoms with Crippen LogP contribution in [0.25, 0.3) is 0 Å². The molecule has 3 rings (SSSR count). The van der Waals surface area contributed by atoms with Crippen LogP contribution in [0.1, 0.15) is 23.1 Å². The van der Waals surface area contributed by atoms with E-state index in [9.17, 15) is 0 Å². The van der Waals surface area contributed by atoms with E-state index in [0.717, 1.165) is 13.0 Å². The standard InChI is InChI=1S/C18H22N2/c1-14-4-9-18-16(13-14)3-2-12-20(18)17-7-5-15(6-8-17)10-11-19/h4-9,13H,2-3,10-12,19H2,1H3. The first kappa shape index (κ1) is 13.2. The van der Waals surface area contributed by atoms with Gasteiger partial charge in [0.2, 0.25) is 0 Å². The van der Waals surface area contributed by atoms with Crippen molar-refractivity contribution in [3.05, 3.63) is 59.2 Å². The number of fused-ring (bicyclic) bond motifs is 1. The second-order valence-electron chi connectivity index (χ2n) is 5.59. The summed E-state index contributed by atoms with van der Waals surface area (Å²) in [5, 5.41) is 0. The summed E-state index contributed by atoms with van der Waals surface area (Å²) in [4.78, 5) is 2.44. The van der Waals surface area contributed by atoms with E-state index in [1.165, 1.54) is 40.9 Å². The second kappa shape index (κ2) is 5.68. The maximum Gasteiger partial charge on any atom is 0.0443 e. The van der Waals surface area contributed by atoms with Crippen molar-refractivity contribution in [2.24, 2.45) is 5.73 Å². The predicted octanol–water partition coefficient (Wildman–Crippen LogP) is 3.58. The summed E-state index contributed by atoms with van der Waals surface area (Å²) < 4.78 is 0. The quantitative estimate of drug-likeness (QED) is 0.920. The molecule has 1 heterocycles. The monoisotopic (exact) mass is 266 g/mol. The van der Waals surface area contributed by atoms with Crippen LogP contribution in [0, 0.1) is 6.92 Å². The highest BCUT2D eigenvalue weighted by Crippen LogP contribution is 2.33. The molecule has 0 aromatic heterocycles. The summed E-state index contributed by atoms with van der Waals surface area (Å²) in [6, 6.07) is 15.6. The van der Waals surface area contributed by atoms with Gasteiger partial charge in [-0.2, -0.15) is 0 Å². The molecule has 0 radical (unpaired) electrons. The Morgan fingerprint density at radius 3 is 2.65 bits per heavy atom. The third-order valence-corrected chi connectivity index (χ3v) is 4.03. The molecule has 104 valence electrons. The Bertz CT molecular complexity index is 587. The Morgan fingerprint density at radius 1 is 1.10 bits per heavy atom. The number of anilines is 2. The number of nitrogens with zero attached hydrogens (tertiary/aromatic N) is 1. The van der Waals surface area contributed by atoms with Crippen LogP contribution in [-0.4, -0.2) is 13.1 Å². The third-order valence-electron chi connectivity index (χ3n) is 4.03. The van der Waals surface area contributed by atoms with Crippen LogP contribution >= 0.6 is 0 Å². The lowest BCUT2D eigenvalue weighted by Gasteiger charge is -2.31. The van der Waals surface area contributed by atoms with Gasteiger partial charge in [-0.05, 0) is 62.1 Å². The first-order valence-corrected chi connectivity index (χ1v) is 7.44. The topological polar surface area (TPSA) is 29.3 Å². The molecule has 20 heavy (non-hydrogen) atoms. The van der Waals surface area contributed by atoms with E-state index in [4.69, 9.17) is 5.73 Å². The molecule has 2 nitrogen and oxygen atoms in total. The van der Waals surface area contributed by atoms with Crippen molar-refractivity contribution in [2.75, 3.05) is 18.0 Å². The van der Waals surface area contributed by atoms with Crippen molar-refractivity contribution in [3.63, 3.8) is 0 Å². The fourth-order valence-electron chi connectivity index (χ4n) is 3.00. The number of aryl methyl sites for hydroxylation is 2. The highest BCUT2D eigenvalue weighted by molar-refractivity contribution is 5.68. The molecule has 2 aromatic carbocycles. The van der Waals surface area contributed by atoms with Crippen molar-refractivity contribution >= 4 is 11.4 Å². The molecule has 0 spiro atoms. The summed E-state index contributed by atoms with van der Waals surface area (Å²) in [7, 11) is 0. The van der Waals surface area contributed by atoms with Gasteiger partial charge >= 0.3 is 0 Å². The highest BCUT2D eigenvalue weighted by Gasteiger charge is 2.17. The molecule has 0 aliphatic carbocycles. The van der Waals surface area contributed by atoms with Gasteiger partial charge in [0.25, 0.3) is 0 Å². The molecule has 2 aromatic rings. The molecule has 2 heteroatoms. The summed E-state index contributed by atoms with van der Waals surface area (Å²) in [5.74, 6) is 0. The van der Waals surface area contributed by atoms with Crippen LogP contribution in [0.2, 0.25) is 0 Å². The van der Waals surface area contributed by atoms with E-state index in [0.29, 0.717) is 6.54 Å². The summed E-state index contributed by atoms with van der Waals surface area (Å²) in [5.41, 5.74) is 12.4. The summed E-state index contributed by atoms with van der Waals surface area (Å²) >= 11 is 0. The lowest BCUT2D eigenvalue weighted by atomic mass is 9.99. The molecule has 0 saturated heterocycles. The van der Waals surface area contributed by atoms with Crippen molar-refractivity contribution in [3.8, 4) is 0 Å². The largest absolute Gasteiger partial charge is 0.341 e. The zero-order valence-electron chi connectivity index (χ0n) is 12.1. The van der Waals surface area contributed by atoms with E-state index in [1.807, 2.05) is 0 Å². The summed E-state index contributed by atoms with van der Waals surface area (Å²) in [6.07, 6.45) is 3.37. The molecule has 0 amide bonds. The molecule has 2 N–H and O–H groups in total. The first-order valence-electron chi connectivity index (χ1n) is 7.44. The zero-order chi connectivity index (χ0) is 13.9. The fourth-order valence-corrected chi connectivity index (χ4v) is 3.00. The van der Waals surface area contributed by atoms with Gasteiger partial charge in [0.15, 0.2) is 0 Å². The number of benzene rings is 2. The number of rotatable bonds is 3. The van der Waals surface area contributed by atoms with Gasteiger partial charge in [-0.15, -0.1) is 0 Å². The molecule has 0 saturated carbocycles. The number of nitrogens with two attached hydrogens (primary N) is 1. The normalized spacial score (nSPS) is 14.2. The smallest absolute Gasteiger partial charge is 0.0443 e. The molecule has 0 bridgehead atoms. The third kappa shape index (κ3) is 2.56. The van der Waals surface area contributed by atoms with Gasteiger partial charge in [-0.3, -0.25) is 0 Å². The van der Waals surface area contributed by atoms with Crippen LogP contribution < -0.4 is 10.6 Å². The average molecular weight is 266 g/mol. The van der Waals surface area contributed by atoms with Gasteiger partial charge in [-0.25, -0.2) is 0 Å². The molecule has 1 aliphatic heterocycles. The molecule has 0 unspecified atom stereocenters. The maximum absolute atomic E-state index is 5.61. The predicted molar refractivity (Wildman–Crippen MR) is 85.7 cm³/mol. The van der Waals surface area contributed by atoms with Crippen LogP contribution in [0.5, 0.6) is 0 Å². The Kier molecular flexibility index (Phi) is 3.75. The minimum Gasteiger partial charge on any atom is -0.341 e. The van der Waals surface area contributed by atoms with Crippen LogP contribution in [0.15, 0.2) is 42.5 Å². The van der Waals surface area contributed by atoms with E-state index >= 15 is 0 Å². The lowest BCUT2D eigenvalue weighted by molar-refractivity contribution is 0.766. The Morgan fingerprint density at radius 2 is 1.90 bits per heavy atom. The zero-order valence-corrected chi connectivity index (χ0v) is 12.1. The lowest BCUT2D eigenvalue weighted by Crippen LogP contribution is -2.24. The Labute approximate surface area is 121 Å².